The summed E-state index contributed by atoms with van der Waals surface area (Å²) >= 11 is 1.77. The van der Waals surface area contributed by atoms with E-state index in [-0.39, 0.29) is 11.6 Å². The Balaban J connectivity index is 2.32. The Kier molecular flexibility index (Phi) is 4.55. The first-order chi connectivity index (χ1) is 8.65. The normalized spacial score (nSPS) is 23.0. The van der Waals surface area contributed by atoms with Crippen LogP contribution in [0, 0.1) is 11.6 Å². The Bertz CT molecular complexity index is 396. The molecule has 1 fully saturated rings. The molecule has 1 heterocycles. The van der Waals surface area contributed by atoms with Crippen LogP contribution in [0.4, 0.5) is 8.78 Å². The molecule has 2 rings (SSSR count). The van der Waals surface area contributed by atoms with E-state index in [9.17, 15) is 8.78 Å². The molecule has 100 valence electrons. The van der Waals surface area contributed by atoms with Crippen LogP contribution in [0.5, 0.6) is 0 Å². The number of hydrogen-bond acceptors (Lipinski definition) is 4. The Labute approximate surface area is 110 Å². The van der Waals surface area contributed by atoms with Crippen LogP contribution in [-0.4, -0.2) is 36.0 Å². The van der Waals surface area contributed by atoms with Gasteiger partial charge in [-0.05, 0) is 19.2 Å². The topological polar surface area (TPSA) is 41.3 Å². The Morgan fingerprint density at radius 2 is 2.11 bits per heavy atom. The van der Waals surface area contributed by atoms with Crippen LogP contribution in [0.3, 0.4) is 0 Å². The molecule has 1 aromatic carbocycles. The second-order valence-corrected chi connectivity index (χ2v) is 5.55. The number of hydrogen-bond donors (Lipinski definition) is 2. The molecule has 2 unspecified atom stereocenters. The molecule has 0 aliphatic carbocycles. The molecule has 18 heavy (non-hydrogen) atoms. The van der Waals surface area contributed by atoms with E-state index in [1.807, 2.05) is 7.05 Å². The fourth-order valence-electron chi connectivity index (χ4n) is 2.25. The van der Waals surface area contributed by atoms with Gasteiger partial charge in [0.2, 0.25) is 0 Å². The predicted molar refractivity (Wildman–Crippen MR) is 70.2 cm³/mol. The summed E-state index contributed by atoms with van der Waals surface area (Å²) in [6.45, 7) is 0.892. The van der Waals surface area contributed by atoms with E-state index in [1.165, 1.54) is 18.2 Å². The van der Waals surface area contributed by atoms with Gasteiger partial charge >= 0.3 is 0 Å². The largest absolute Gasteiger partial charge is 0.300 e. The van der Waals surface area contributed by atoms with E-state index in [0.29, 0.717) is 0 Å². The number of nitrogens with one attached hydrogen (secondary N) is 1. The molecule has 1 aliphatic heterocycles. The van der Waals surface area contributed by atoms with Gasteiger partial charge in [0.05, 0.1) is 6.04 Å². The third-order valence-corrected chi connectivity index (χ3v) is 4.37. The van der Waals surface area contributed by atoms with Gasteiger partial charge < -0.3 is 0 Å². The molecule has 3 N–H and O–H groups in total. The molecular formula is C12H17F2N3S. The number of thioether (sulfide) groups is 1. The molecule has 0 bridgehead atoms. The van der Waals surface area contributed by atoms with E-state index >= 15 is 0 Å². The minimum Gasteiger partial charge on any atom is -0.300 e. The fourth-order valence-corrected chi connectivity index (χ4v) is 3.52. The summed E-state index contributed by atoms with van der Waals surface area (Å²) in [5.74, 6) is 6.25. The molecule has 3 nitrogen and oxygen atoms in total. The third kappa shape index (κ3) is 2.66. The van der Waals surface area contributed by atoms with Gasteiger partial charge in [0.25, 0.3) is 0 Å². The first-order valence-electron chi connectivity index (χ1n) is 5.83. The third-order valence-electron chi connectivity index (χ3n) is 3.32. The summed E-state index contributed by atoms with van der Waals surface area (Å²) < 4.78 is 27.6. The van der Waals surface area contributed by atoms with Crippen LogP contribution in [0.2, 0.25) is 0 Å². The summed E-state index contributed by atoms with van der Waals surface area (Å²) in [5, 5.41) is 0. The SMILES string of the molecule is CN1CCSCC1C(NN)c1c(F)cccc1F. The number of nitrogens with two attached hydrogens (primary N) is 1. The summed E-state index contributed by atoms with van der Waals surface area (Å²) in [7, 11) is 1.95. The number of benzene rings is 1. The van der Waals surface area contributed by atoms with Gasteiger partial charge in [0, 0.05) is 29.7 Å². The van der Waals surface area contributed by atoms with Crippen molar-refractivity contribution in [2.45, 2.75) is 12.1 Å². The number of hydrazine groups is 1. The van der Waals surface area contributed by atoms with Crippen molar-refractivity contribution >= 4 is 11.8 Å². The van der Waals surface area contributed by atoms with Gasteiger partial charge in [-0.15, -0.1) is 0 Å². The highest BCUT2D eigenvalue weighted by molar-refractivity contribution is 7.99. The Morgan fingerprint density at radius 3 is 2.67 bits per heavy atom. The smallest absolute Gasteiger partial charge is 0.131 e. The van der Waals surface area contributed by atoms with E-state index in [4.69, 9.17) is 5.84 Å². The maximum absolute atomic E-state index is 13.8. The van der Waals surface area contributed by atoms with Crippen LogP contribution >= 0.6 is 11.8 Å². The standard InChI is InChI=1S/C12H17F2N3S/c1-17-5-6-18-7-10(17)12(16-15)11-8(13)3-2-4-9(11)14/h2-4,10,12,16H,5-7,15H2,1H3. The van der Waals surface area contributed by atoms with E-state index in [2.05, 4.69) is 10.3 Å². The lowest BCUT2D eigenvalue weighted by Crippen LogP contribution is -2.50. The summed E-state index contributed by atoms with van der Waals surface area (Å²) in [6, 6.07) is 3.34. The fraction of sp³-hybridized carbons (Fsp3) is 0.500. The molecule has 0 saturated carbocycles. The van der Waals surface area contributed by atoms with Crippen molar-refractivity contribution in [3.8, 4) is 0 Å². The van der Waals surface area contributed by atoms with Crippen molar-refractivity contribution < 1.29 is 8.78 Å². The van der Waals surface area contributed by atoms with Crippen molar-refractivity contribution in [3.63, 3.8) is 0 Å². The number of halogens is 2. The monoisotopic (exact) mass is 273 g/mol. The number of likely N-dealkylation sites (N-methyl/N-ethyl adjacent to an activating group) is 1. The van der Waals surface area contributed by atoms with Crippen LogP contribution in [0.25, 0.3) is 0 Å². The molecule has 1 aliphatic rings. The maximum Gasteiger partial charge on any atom is 0.131 e. The van der Waals surface area contributed by atoms with Crippen molar-refractivity contribution in [3.05, 3.63) is 35.4 Å². The number of rotatable bonds is 3. The minimum absolute atomic E-state index is 0.0138. The van der Waals surface area contributed by atoms with E-state index in [0.717, 1.165) is 18.1 Å². The van der Waals surface area contributed by atoms with Gasteiger partial charge in [0.15, 0.2) is 0 Å². The summed E-state index contributed by atoms with van der Waals surface area (Å²) in [5.41, 5.74) is 2.59. The highest BCUT2D eigenvalue weighted by Crippen LogP contribution is 2.29. The Morgan fingerprint density at radius 1 is 1.44 bits per heavy atom. The van der Waals surface area contributed by atoms with Crippen molar-refractivity contribution in [2.75, 3.05) is 25.1 Å². The first-order valence-corrected chi connectivity index (χ1v) is 6.98. The van der Waals surface area contributed by atoms with Crippen LogP contribution < -0.4 is 11.3 Å². The van der Waals surface area contributed by atoms with Crippen molar-refractivity contribution in [2.24, 2.45) is 5.84 Å². The molecule has 6 heteroatoms. The lowest BCUT2D eigenvalue weighted by atomic mass is 9.98. The molecular weight excluding hydrogens is 256 g/mol. The second kappa shape index (κ2) is 5.97. The first kappa shape index (κ1) is 13.7. The zero-order chi connectivity index (χ0) is 13.1. The van der Waals surface area contributed by atoms with E-state index in [1.54, 1.807) is 11.8 Å². The second-order valence-electron chi connectivity index (χ2n) is 4.40. The molecule has 0 spiro atoms. The summed E-state index contributed by atoms with van der Waals surface area (Å²) in [6.07, 6.45) is 0. The summed E-state index contributed by atoms with van der Waals surface area (Å²) in [4.78, 5) is 2.09. The molecule has 0 amide bonds. The zero-order valence-electron chi connectivity index (χ0n) is 10.2. The quantitative estimate of drug-likeness (QED) is 0.647. The van der Waals surface area contributed by atoms with Crippen molar-refractivity contribution in [1.82, 2.24) is 10.3 Å². The average Bonchev–Trinajstić information content (AvgIpc) is 2.35. The lowest BCUT2D eigenvalue weighted by molar-refractivity contribution is 0.211. The minimum atomic E-state index is -0.554. The predicted octanol–water partition coefficient (Wildman–Crippen LogP) is 1.52. The molecule has 2 atom stereocenters. The van der Waals surface area contributed by atoms with Crippen LogP contribution in [0.1, 0.15) is 11.6 Å². The highest BCUT2D eigenvalue weighted by atomic mass is 32.2. The van der Waals surface area contributed by atoms with Crippen LogP contribution in [0.15, 0.2) is 18.2 Å². The van der Waals surface area contributed by atoms with Crippen molar-refractivity contribution in [1.29, 1.82) is 0 Å². The number of nitrogens with zero attached hydrogens (tertiary/aromatic N) is 1. The molecule has 0 aromatic heterocycles. The average molecular weight is 273 g/mol. The highest BCUT2D eigenvalue weighted by Gasteiger charge is 2.31. The van der Waals surface area contributed by atoms with E-state index < -0.39 is 17.7 Å². The maximum atomic E-state index is 13.8. The Hall–Kier alpha value is -0.690. The van der Waals surface area contributed by atoms with Gasteiger partial charge in [-0.3, -0.25) is 16.2 Å². The van der Waals surface area contributed by atoms with Gasteiger partial charge in [-0.1, -0.05) is 6.07 Å². The van der Waals surface area contributed by atoms with Gasteiger partial charge in [0.1, 0.15) is 11.6 Å². The molecule has 0 radical (unpaired) electrons. The van der Waals surface area contributed by atoms with Gasteiger partial charge in [-0.25, -0.2) is 8.78 Å². The molecule has 1 aromatic rings. The zero-order valence-corrected chi connectivity index (χ0v) is 11.0. The molecule has 1 saturated heterocycles. The van der Waals surface area contributed by atoms with Gasteiger partial charge in [-0.2, -0.15) is 11.8 Å². The lowest BCUT2D eigenvalue weighted by Gasteiger charge is -2.37. The van der Waals surface area contributed by atoms with Crippen LogP contribution in [-0.2, 0) is 0 Å².